The average molecular weight is 175 g/mol. The highest BCUT2D eigenvalue weighted by Crippen LogP contribution is 2.16. The van der Waals surface area contributed by atoms with Crippen LogP contribution < -0.4 is 4.90 Å². The van der Waals surface area contributed by atoms with Crippen LogP contribution in [0.25, 0.3) is 0 Å². The van der Waals surface area contributed by atoms with E-state index in [0.29, 0.717) is 0 Å². The van der Waals surface area contributed by atoms with E-state index in [1.807, 2.05) is 18.2 Å². The molecule has 2 radical (unpaired) electrons. The Labute approximate surface area is 79.1 Å². The molecule has 13 heavy (non-hydrogen) atoms. The summed E-state index contributed by atoms with van der Waals surface area (Å²) in [6.07, 6.45) is 0. The van der Waals surface area contributed by atoms with Crippen LogP contribution in [0.15, 0.2) is 24.3 Å². The Morgan fingerprint density at radius 2 is 2.00 bits per heavy atom. The maximum absolute atomic E-state index is 5.71. The number of nitrogens with zero attached hydrogens (tertiary/aromatic N) is 1. The lowest BCUT2D eigenvalue weighted by Crippen LogP contribution is -2.36. The molecule has 0 saturated carbocycles. The molecule has 0 amide bonds. The summed E-state index contributed by atoms with van der Waals surface area (Å²) in [4.78, 5) is 2.29. The van der Waals surface area contributed by atoms with Crippen molar-refractivity contribution in [2.75, 3.05) is 31.2 Å². The van der Waals surface area contributed by atoms with Crippen molar-refractivity contribution < 1.29 is 4.74 Å². The van der Waals surface area contributed by atoms with E-state index in [4.69, 9.17) is 11.7 Å². The molecule has 0 aromatic heterocycles. The SMILES string of the molecule is [CH]c1cccc(N2CCOCC2)c1. The van der Waals surface area contributed by atoms with E-state index >= 15 is 0 Å². The minimum atomic E-state index is 0.814. The van der Waals surface area contributed by atoms with Gasteiger partial charge in [-0.2, -0.15) is 0 Å². The van der Waals surface area contributed by atoms with E-state index in [1.54, 1.807) is 0 Å². The van der Waals surface area contributed by atoms with Crippen LogP contribution in [0.3, 0.4) is 0 Å². The minimum absolute atomic E-state index is 0.814. The van der Waals surface area contributed by atoms with E-state index in [-0.39, 0.29) is 0 Å². The van der Waals surface area contributed by atoms with E-state index in [2.05, 4.69) is 11.0 Å². The first-order valence-corrected chi connectivity index (χ1v) is 4.54. The first kappa shape index (κ1) is 8.57. The Hall–Kier alpha value is -1.02. The van der Waals surface area contributed by atoms with Gasteiger partial charge in [0.2, 0.25) is 0 Å². The standard InChI is InChI=1S/C11H13NO/c1-10-3-2-4-11(9-10)12-5-7-13-8-6-12/h1-4,9H,5-8H2. The molecule has 1 heterocycles. The molecular weight excluding hydrogens is 162 g/mol. The van der Waals surface area contributed by atoms with Crippen molar-refractivity contribution in [3.05, 3.63) is 36.8 Å². The first-order chi connectivity index (χ1) is 6.36. The Balaban J connectivity index is 2.14. The summed E-state index contributed by atoms with van der Waals surface area (Å²) >= 11 is 0. The fourth-order valence-corrected chi connectivity index (χ4v) is 1.54. The number of morpholine rings is 1. The van der Waals surface area contributed by atoms with Crippen molar-refractivity contribution in [2.45, 2.75) is 0 Å². The normalized spacial score (nSPS) is 17.5. The second kappa shape index (κ2) is 3.79. The molecule has 0 aliphatic carbocycles. The van der Waals surface area contributed by atoms with Gasteiger partial charge in [0.25, 0.3) is 0 Å². The first-order valence-electron chi connectivity index (χ1n) is 4.54. The van der Waals surface area contributed by atoms with E-state index in [9.17, 15) is 0 Å². The number of anilines is 1. The highest BCUT2D eigenvalue weighted by atomic mass is 16.5. The van der Waals surface area contributed by atoms with Crippen LogP contribution in [0.4, 0.5) is 5.69 Å². The molecule has 0 atom stereocenters. The monoisotopic (exact) mass is 175 g/mol. The molecule has 0 bridgehead atoms. The van der Waals surface area contributed by atoms with Crippen LogP contribution in [-0.2, 0) is 4.74 Å². The highest BCUT2D eigenvalue weighted by molar-refractivity contribution is 5.49. The molecule has 1 aromatic carbocycles. The molecule has 68 valence electrons. The summed E-state index contributed by atoms with van der Waals surface area (Å²) in [6.45, 7) is 9.26. The van der Waals surface area contributed by atoms with E-state index in [0.717, 1.165) is 31.9 Å². The van der Waals surface area contributed by atoms with Gasteiger partial charge in [-0.15, -0.1) is 0 Å². The van der Waals surface area contributed by atoms with Crippen LogP contribution >= 0.6 is 0 Å². The molecule has 0 unspecified atom stereocenters. The molecule has 2 heteroatoms. The van der Waals surface area contributed by atoms with Crippen molar-refractivity contribution in [1.29, 1.82) is 0 Å². The van der Waals surface area contributed by atoms with Gasteiger partial charge in [0.1, 0.15) is 0 Å². The van der Waals surface area contributed by atoms with E-state index in [1.165, 1.54) is 5.69 Å². The zero-order valence-electron chi connectivity index (χ0n) is 7.57. The summed E-state index contributed by atoms with van der Waals surface area (Å²) in [5, 5.41) is 0. The molecule has 1 fully saturated rings. The zero-order chi connectivity index (χ0) is 9.10. The Morgan fingerprint density at radius 1 is 1.23 bits per heavy atom. The summed E-state index contributed by atoms with van der Waals surface area (Å²) in [6, 6.07) is 7.98. The highest BCUT2D eigenvalue weighted by Gasteiger charge is 2.10. The van der Waals surface area contributed by atoms with Gasteiger partial charge in [-0.05, 0) is 24.6 Å². The molecule has 1 aromatic rings. The fourth-order valence-electron chi connectivity index (χ4n) is 1.54. The summed E-state index contributed by atoms with van der Waals surface area (Å²) in [5.41, 5.74) is 2.02. The molecule has 1 saturated heterocycles. The number of rotatable bonds is 1. The Bertz CT molecular complexity index is 279. The van der Waals surface area contributed by atoms with Gasteiger partial charge in [-0.25, -0.2) is 0 Å². The summed E-state index contributed by atoms with van der Waals surface area (Å²) in [5.74, 6) is 0. The number of hydrogen-bond donors (Lipinski definition) is 0. The molecule has 0 N–H and O–H groups in total. The van der Waals surface area contributed by atoms with Crippen LogP contribution in [0.1, 0.15) is 5.56 Å². The second-order valence-electron chi connectivity index (χ2n) is 3.19. The van der Waals surface area contributed by atoms with Gasteiger partial charge in [-0.3, -0.25) is 0 Å². The van der Waals surface area contributed by atoms with Gasteiger partial charge in [0, 0.05) is 18.8 Å². The third-order valence-corrected chi connectivity index (χ3v) is 2.25. The number of ether oxygens (including phenoxy) is 1. The predicted octanol–water partition coefficient (Wildman–Crippen LogP) is 1.58. The minimum Gasteiger partial charge on any atom is -0.378 e. The molecule has 1 aliphatic heterocycles. The smallest absolute Gasteiger partial charge is 0.0642 e. The third kappa shape index (κ3) is 2.01. The quantitative estimate of drug-likeness (QED) is 0.642. The lowest BCUT2D eigenvalue weighted by molar-refractivity contribution is 0.122. The molecule has 0 spiro atoms. The van der Waals surface area contributed by atoms with Crippen molar-refractivity contribution >= 4 is 5.69 Å². The number of hydrogen-bond acceptors (Lipinski definition) is 2. The van der Waals surface area contributed by atoms with Gasteiger partial charge in [-0.1, -0.05) is 12.1 Å². The van der Waals surface area contributed by atoms with Gasteiger partial charge in [0.15, 0.2) is 0 Å². The molecule has 1 aliphatic rings. The summed E-state index contributed by atoms with van der Waals surface area (Å²) < 4.78 is 5.28. The average Bonchev–Trinajstić information content (AvgIpc) is 2.19. The lowest BCUT2D eigenvalue weighted by Gasteiger charge is -2.28. The largest absolute Gasteiger partial charge is 0.378 e. The predicted molar refractivity (Wildman–Crippen MR) is 52.9 cm³/mol. The van der Waals surface area contributed by atoms with Crippen LogP contribution in [0.2, 0.25) is 0 Å². The van der Waals surface area contributed by atoms with Crippen LogP contribution in [-0.4, -0.2) is 26.3 Å². The molecule has 2 rings (SSSR count). The fraction of sp³-hybridized carbons (Fsp3) is 0.364. The van der Waals surface area contributed by atoms with Crippen molar-refractivity contribution in [3.8, 4) is 0 Å². The zero-order valence-corrected chi connectivity index (χ0v) is 7.57. The molecular formula is C11H13NO. The van der Waals surface area contributed by atoms with Crippen molar-refractivity contribution in [1.82, 2.24) is 0 Å². The molecule has 2 nitrogen and oxygen atoms in total. The Kier molecular flexibility index (Phi) is 2.50. The van der Waals surface area contributed by atoms with Gasteiger partial charge in [0.05, 0.1) is 13.2 Å². The van der Waals surface area contributed by atoms with Crippen LogP contribution in [0, 0.1) is 6.92 Å². The topological polar surface area (TPSA) is 12.5 Å². The van der Waals surface area contributed by atoms with E-state index < -0.39 is 0 Å². The van der Waals surface area contributed by atoms with Crippen LogP contribution in [0.5, 0.6) is 0 Å². The maximum Gasteiger partial charge on any atom is 0.0642 e. The second-order valence-corrected chi connectivity index (χ2v) is 3.19. The maximum atomic E-state index is 5.71. The van der Waals surface area contributed by atoms with Crippen molar-refractivity contribution in [2.24, 2.45) is 0 Å². The van der Waals surface area contributed by atoms with Gasteiger partial charge >= 0.3 is 0 Å². The summed E-state index contributed by atoms with van der Waals surface area (Å²) in [7, 11) is 0. The third-order valence-electron chi connectivity index (χ3n) is 2.25. The van der Waals surface area contributed by atoms with Gasteiger partial charge < -0.3 is 9.64 Å². The van der Waals surface area contributed by atoms with Crippen molar-refractivity contribution in [3.63, 3.8) is 0 Å². The number of benzene rings is 1. The Morgan fingerprint density at radius 3 is 2.69 bits per heavy atom. The lowest BCUT2D eigenvalue weighted by atomic mass is 10.2.